The molecule has 4 heteroatoms. The van der Waals surface area contributed by atoms with Crippen LogP contribution in [0.1, 0.15) is 51.4 Å². The van der Waals surface area contributed by atoms with E-state index in [2.05, 4.69) is 0 Å². The number of nitrogens with two attached hydrogens (primary N) is 1. The zero-order valence-corrected chi connectivity index (χ0v) is 12.0. The Morgan fingerprint density at radius 2 is 1.74 bits per heavy atom. The number of hydrogen-bond donors (Lipinski definition) is 1. The fourth-order valence-electron chi connectivity index (χ4n) is 3.25. The highest BCUT2D eigenvalue weighted by Crippen LogP contribution is 2.26. The molecule has 0 aromatic heterocycles. The van der Waals surface area contributed by atoms with Gasteiger partial charge in [0.05, 0.1) is 6.10 Å². The van der Waals surface area contributed by atoms with E-state index < -0.39 is 0 Å². The van der Waals surface area contributed by atoms with Gasteiger partial charge in [0.2, 0.25) is 5.91 Å². The van der Waals surface area contributed by atoms with Crippen LogP contribution in [0, 0.1) is 5.92 Å². The number of carbonyl (C=O) groups excluding carboxylic acids is 1. The van der Waals surface area contributed by atoms with Crippen LogP contribution in [0.4, 0.5) is 0 Å². The summed E-state index contributed by atoms with van der Waals surface area (Å²) in [6, 6.07) is 0. The molecule has 2 aliphatic rings. The van der Waals surface area contributed by atoms with E-state index in [1.807, 2.05) is 4.90 Å². The monoisotopic (exact) mass is 268 g/mol. The van der Waals surface area contributed by atoms with Gasteiger partial charge in [-0.15, -0.1) is 0 Å². The molecule has 110 valence electrons. The van der Waals surface area contributed by atoms with Crippen LogP contribution in [0.5, 0.6) is 0 Å². The molecule has 2 N–H and O–H groups in total. The summed E-state index contributed by atoms with van der Waals surface area (Å²) in [7, 11) is 0. The molecule has 1 amide bonds. The molecule has 2 fully saturated rings. The minimum Gasteiger partial charge on any atom is -0.368 e. The molecule has 0 spiro atoms. The number of rotatable bonds is 4. The second kappa shape index (κ2) is 7.85. The normalized spacial score (nSPS) is 29.0. The van der Waals surface area contributed by atoms with Gasteiger partial charge in [0.25, 0.3) is 0 Å². The highest BCUT2D eigenvalue weighted by molar-refractivity contribution is 5.77. The molecule has 19 heavy (non-hydrogen) atoms. The van der Waals surface area contributed by atoms with E-state index in [1.165, 1.54) is 25.7 Å². The number of hydrogen-bond acceptors (Lipinski definition) is 3. The van der Waals surface area contributed by atoms with Gasteiger partial charge in [-0.3, -0.25) is 4.79 Å². The van der Waals surface area contributed by atoms with Gasteiger partial charge in [-0.05, 0) is 38.1 Å². The van der Waals surface area contributed by atoms with E-state index in [4.69, 9.17) is 10.5 Å². The van der Waals surface area contributed by atoms with Crippen molar-refractivity contribution in [3.8, 4) is 0 Å². The van der Waals surface area contributed by atoms with Gasteiger partial charge in [0, 0.05) is 13.1 Å². The molecular weight excluding hydrogens is 240 g/mol. The van der Waals surface area contributed by atoms with Gasteiger partial charge in [-0.1, -0.05) is 25.7 Å². The fourth-order valence-corrected chi connectivity index (χ4v) is 3.25. The van der Waals surface area contributed by atoms with Crippen molar-refractivity contribution in [2.75, 3.05) is 26.2 Å². The first kappa shape index (κ1) is 14.8. The third kappa shape index (κ3) is 4.46. The second-order valence-corrected chi connectivity index (χ2v) is 5.92. The van der Waals surface area contributed by atoms with Crippen LogP contribution in [0.3, 0.4) is 0 Å². The smallest absolute Gasteiger partial charge is 0.248 e. The van der Waals surface area contributed by atoms with Gasteiger partial charge in [0.1, 0.15) is 6.61 Å². The topological polar surface area (TPSA) is 55.6 Å². The minimum absolute atomic E-state index is 0.170. The Morgan fingerprint density at radius 1 is 1.05 bits per heavy atom. The van der Waals surface area contributed by atoms with E-state index in [1.54, 1.807) is 0 Å². The summed E-state index contributed by atoms with van der Waals surface area (Å²) >= 11 is 0. The van der Waals surface area contributed by atoms with Crippen molar-refractivity contribution in [1.82, 2.24) is 4.90 Å². The van der Waals surface area contributed by atoms with Crippen molar-refractivity contribution < 1.29 is 9.53 Å². The highest BCUT2D eigenvalue weighted by Gasteiger charge is 2.26. The van der Waals surface area contributed by atoms with Crippen LogP contribution in [0.15, 0.2) is 0 Å². The molecule has 4 nitrogen and oxygen atoms in total. The van der Waals surface area contributed by atoms with Crippen LogP contribution in [-0.2, 0) is 9.53 Å². The summed E-state index contributed by atoms with van der Waals surface area (Å²) in [6.07, 6.45) is 9.66. The lowest BCUT2D eigenvalue weighted by atomic mass is 9.86. The molecule has 0 aromatic carbocycles. The maximum absolute atomic E-state index is 12.2. The average molecular weight is 268 g/mol. The minimum atomic E-state index is 0.170. The van der Waals surface area contributed by atoms with Crippen molar-refractivity contribution in [2.24, 2.45) is 11.7 Å². The Kier molecular flexibility index (Phi) is 6.11. The third-order valence-corrected chi connectivity index (χ3v) is 4.52. The highest BCUT2D eigenvalue weighted by atomic mass is 16.5. The lowest BCUT2D eigenvalue weighted by Gasteiger charge is -2.31. The lowest BCUT2D eigenvalue weighted by Crippen LogP contribution is -2.39. The zero-order valence-electron chi connectivity index (χ0n) is 12.0. The van der Waals surface area contributed by atoms with E-state index in [0.29, 0.717) is 12.5 Å². The molecular formula is C15H28N2O2. The van der Waals surface area contributed by atoms with Crippen molar-refractivity contribution in [3.05, 3.63) is 0 Å². The summed E-state index contributed by atoms with van der Waals surface area (Å²) in [5, 5.41) is 0. The first-order valence-corrected chi connectivity index (χ1v) is 7.90. The average Bonchev–Trinajstić information content (AvgIpc) is 2.74. The van der Waals surface area contributed by atoms with Crippen LogP contribution in [-0.4, -0.2) is 43.2 Å². The quantitative estimate of drug-likeness (QED) is 0.847. The Hall–Kier alpha value is -0.610. The molecule has 0 aromatic rings. The largest absolute Gasteiger partial charge is 0.368 e. The van der Waals surface area contributed by atoms with E-state index in [9.17, 15) is 4.79 Å². The zero-order chi connectivity index (χ0) is 13.5. The standard InChI is InChI=1S/C15H28N2O2/c16-11-13-7-3-4-8-14(13)19-12-15(18)17-9-5-1-2-6-10-17/h13-14H,1-12,16H2. The van der Waals surface area contributed by atoms with Crippen LogP contribution in [0.2, 0.25) is 0 Å². The Morgan fingerprint density at radius 3 is 2.42 bits per heavy atom. The van der Waals surface area contributed by atoms with Crippen molar-refractivity contribution >= 4 is 5.91 Å². The molecule has 1 aliphatic heterocycles. The second-order valence-electron chi connectivity index (χ2n) is 5.92. The molecule has 1 saturated carbocycles. The molecule has 1 heterocycles. The summed E-state index contributed by atoms with van der Waals surface area (Å²) < 4.78 is 5.87. The van der Waals surface area contributed by atoms with Crippen LogP contribution >= 0.6 is 0 Å². The van der Waals surface area contributed by atoms with Crippen molar-refractivity contribution in [3.63, 3.8) is 0 Å². The molecule has 1 saturated heterocycles. The third-order valence-electron chi connectivity index (χ3n) is 4.52. The number of nitrogens with zero attached hydrogens (tertiary/aromatic N) is 1. The molecule has 2 unspecified atom stereocenters. The van der Waals surface area contributed by atoms with E-state index >= 15 is 0 Å². The van der Waals surface area contributed by atoms with Crippen molar-refractivity contribution in [2.45, 2.75) is 57.5 Å². The fraction of sp³-hybridized carbons (Fsp3) is 0.933. The van der Waals surface area contributed by atoms with E-state index in [-0.39, 0.29) is 18.6 Å². The van der Waals surface area contributed by atoms with Gasteiger partial charge in [-0.2, -0.15) is 0 Å². The SMILES string of the molecule is NCC1CCCCC1OCC(=O)N1CCCCCC1. The molecule has 0 bridgehead atoms. The van der Waals surface area contributed by atoms with Crippen LogP contribution in [0.25, 0.3) is 0 Å². The van der Waals surface area contributed by atoms with Gasteiger partial charge < -0.3 is 15.4 Å². The molecule has 2 rings (SSSR count). The molecule has 2 atom stereocenters. The maximum Gasteiger partial charge on any atom is 0.248 e. The molecule has 1 aliphatic carbocycles. The first-order valence-electron chi connectivity index (χ1n) is 7.90. The summed E-state index contributed by atoms with van der Waals surface area (Å²) in [4.78, 5) is 14.1. The predicted octanol–water partition coefficient (Wildman–Crippen LogP) is 1.92. The lowest BCUT2D eigenvalue weighted by molar-refractivity contribution is -0.140. The summed E-state index contributed by atoms with van der Waals surface area (Å²) in [5.41, 5.74) is 5.79. The predicted molar refractivity (Wildman–Crippen MR) is 75.8 cm³/mol. The van der Waals surface area contributed by atoms with Crippen molar-refractivity contribution in [1.29, 1.82) is 0 Å². The Bertz CT molecular complexity index is 275. The maximum atomic E-state index is 12.2. The Balaban J connectivity index is 1.75. The van der Waals surface area contributed by atoms with Gasteiger partial charge in [-0.25, -0.2) is 0 Å². The number of carbonyl (C=O) groups is 1. The van der Waals surface area contributed by atoms with Gasteiger partial charge >= 0.3 is 0 Å². The molecule has 0 radical (unpaired) electrons. The first-order chi connectivity index (χ1) is 9.31. The van der Waals surface area contributed by atoms with E-state index in [0.717, 1.165) is 38.8 Å². The van der Waals surface area contributed by atoms with Crippen LogP contribution < -0.4 is 5.73 Å². The number of likely N-dealkylation sites (tertiary alicyclic amines) is 1. The number of amides is 1. The Labute approximate surface area is 116 Å². The number of ether oxygens (including phenoxy) is 1. The summed E-state index contributed by atoms with van der Waals surface area (Å²) in [5.74, 6) is 0.619. The van der Waals surface area contributed by atoms with Gasteiger partial charge in [0.15, 0.2) is 0 Å². The summed E-state index contributed by atoms with van der Waals surface area (Å²) in [6.45, 7) is 2.75.